The third-order valence-corrected chi connectivity index (χ3v) is 5.10. The van der Waals surface area contributed by atoms with Crippen molar-refractivity contribution >= 4 is 45.4 Å². The molecule has 2 rings (SSSR count). The van der Waals surface area contributed by atoms with Crippen LogP contribution in [0.3, 0.4) is 0 Å². The Balaban J connectivity index is 1.96. The molecule has 30 heavy (non-hydrogen) atoms. The third kappa shape index (κ3) is 7.33. The second kappa shape index (κ2) is 11.5. The Morgan fingerprint density at radius 2 is 1.80 bits per heavy atom. The number of hydrogen-bond acceptors (Lipinski definition) is 5. The molecular formula is C20H21BrClN3O5. The summed E-state index contributed by atoms with van der Waals surface area (Å²) in [7, 11) is 0. The minimum Gasteiger partial charge on any atom is -0.445 e. The van der Waals surface area contributed by atoms with Gasteiger partial charge in [-0.25, -0.2) is 4.79 Å². The molecule has 0 saturated carbocycles. The Morgan fingerprint density at radius 1 is 1.10 bits per heavy atom. The van der Waals surface area contributed by atoms with Crippen molar-refractivity contribution in [3.8, 4) is 0 Å². The first-order valence-corrected chi connectivity index (χ1v) is 10.1. The number of nitrogens with one attached hydrogen (secondary N) is 2. The highest BCUT2D eigenvalue weighted by Gasteiger charge is 2.26. The largest absolute Gasteiger partial charge is 0.445 e. The number of amides is 3. The smallest absolute Gasteiger partial charge is 0.408 e. The van der Waals surface area contributed by atoms with Crippen molar-refractivity contribution in [3.63, 3.8) is 0 Å². The molecule has 160 valence electrons. The number of carbonyl (C=O) groups excluding carboxylic acids is 3. The summed E-state index contributed by atoms with van der Waals surface area (Å²) < 4.78 is 5.72. The molecule has 0 aliphatic rings. The van der Waals surface area contributed by atoms with Crippen molar-refractivity contribution in [2.75, 3.05) is 6.61 Å². The number of carbonyl (C=O) groups is 3. The van der Waals surface area contributed by atoms with Crippen LogP contribution in [0.5, 0.6) is 0 Å². The number of rotatable bonds is 9. The first-order valence-electron chi connectivity index (χ1n) is 8.92. The molecule has 0 aliphatic heterocycles. The minimum atomic E-state index is -1.32. The van der Waals surface area contributed by atoms with Crippen molar-refractivity contribution in [2.45, 2.75) is 25.1 Å². The first-order chi connectivity index (χ1) is 14.3. The van der Waals surface area contributed by atoms with Crippen molar-refractivity contribution < 1.29 is 24.2 Å². The van der Waals surface area contributed by atoms with Crippen LogP contribution in [-0.2, 0) is 27.4 Å². The summed E-state index contributed by atoms with van der Waals surface area (Å²) in [4.78, 5) is 36.2. The van der Waals surface area contributed by atoms with Crippen LogP contribution in [0.4, 0.5) is 4.79 Å². The Kier molecular flexibility index (Phi) is 9.10. The Morgan fingerprint density at radius 3 is 2.43 bits per heavy atom. The predicted molar refractivity (Wildman–Crippen MR) is 115 cm³/mol. The van der Waals surface area contributed by atoms with Gasteiger partial charge in [0.1, 0.15) is 18.7 Å². The molecule has 0 radical (unpaired) electrons. The van der Waals surface area contributed by atoms with E-state index in [-0.39, 0.29) is 13.0 Å². The average molecular weight is 499 g/mol. The highest BCUT2D eigenvalue weighted by molar-refractivity contribution is 9.10. The predicted octanol–water partition coefficient (Wildman–Crippen LogP) is 1.90. The molecule has 0 spiro atoms. The van der Waals surface area contributed by atoms with Crippen LogP contribution in [0, 0.1) is 0 Å². The summed E-state index contributed by atoms with van der Waals surface area (Å²) in [5.41, 5.74) is 6.82. The van der Waals surface area contributed by atoms with Crippen molar-refractivity contribution in [1.29, 1.82) is 0 Å². The molecule has 0 aliphatic carbocycles. The van der Waals surface area contributed by atoms with Crippen LogP contribution in [-0.4, -0.2) is 41.7 Å². The molecule has 0 heterocycles. The van der Waals surface area contributed by atoms with E-state index in [1.807, 2.05) is 6.07 Å². The van der Waals surface area contributed by atoms with Gasteiger partial charge >= 0.3 is 6.09 Å². The van der Waals surface area contributed by atoms with Crippen LogP contribution in [0.2, 0.25) is 5.02 Å². The van der Waals surface area contributed by atoms with E-state index in [4.69, 9.17) is 22.1 Å². The number of aliphatic hydroxyl groups excluding tert-OH is 1. The number of alkyl carbamates (subject to hydrolysis) is 1. The fraction of sp³-hybridized carbons (Fsp3) is 0.250. The van der Waals surface area contributed by atoms with E-state index in [1.165, 1.54) is 0 Å². The maximum atomic E-state index is 12.5. The van der Waals surface area contributed by atoms with Gasteiger partial charge in [-0.15, -0.1) is 0 Å². The van der Waals surface area contributed by atoms with Crippen molar-refractivity contribution in [1.82, 2.24) is 10.6 Å². The van der Waals surface area contributed by atoms with E-state index in [9.17, 15) is 19.5 Å². The standard InChI is InChI=1S/C20H21BrClN3O5/c21-15-7-6-14(22)8-13(15)9-16(18(23)27)24-19(28)17(10-26)25-20(29)30-11-12-4-2-1-3-5-12/h1-8,16-17,26H,9-11H2,(H2,23,27)(H,24,28)(H,25,29)/t16-,17+/m1/s1. The molecule has 0 bridgehead atoms. The van der Waals surface area contributed by atoms with Crippen LogP contribution < -0.4 is 16.4 Å². The van der Waals surface area contributed by atoms with Gasteiger partial charge in [-0.05, 0) is 29.3 Å². The molecule has 0 saturated heterocycles. The van der Waals surface area contributed by atoms with Crippen LogP contribution >= 0.6 is 27.5 Å². The van der Waals surface area contributed by atoms with E-state index < -0.39 is 36.6 Å². The van der Waals surface area contributed by atoms with Crippen LogP contribution in [0.15, 0.2) is 53.0 Å². The lowest BCUT2D eigenvalue weighted by Crippen LogP contribution is -2.55. The zero-order valence-electron chi connectivity index (χ0n) is 15.8. The van der Waals surface area contributed by atoms with Gasteiger partial charge in [0, 0.05) is 15.9 Å². The topological polar surface area (TPSA) is 131 Å². The van der Waals surface area contributed by atoms with Crippen molar-refractivity contribution in [2.24, 2.45) is 5.73 Å². The molecular weight excluding hydrogens is 478 g/mol. The number of benzene rings is 2. The van der Waals surface area contributed by atoms with Gasteiger partial charge < -0.3 is 26.2 Å². The van der Waals surface area contributed by atoms with Gasteiger partial charge in [0.15, 0.2) is 0 Å². The van der Waals surface area contributed by atoms with Gasteiger partial charge in [-0.1, -0.05) is 57.9 Å². The van der Waals surface area contributed by atoms with Gasteiger partial charge in [0.25, 0.3) is 0 Å². The zero-order chi connectivity index (χ0) is 22.1. The maximum Gasteiger partial charge on any atom is 0.408 e. The zero-order valence-corrected chi connectivity index (χ0v) is 18.2. The number of nitrogens with two attached hydrogens (primary N) is 1. The first kappa shape index (κ1) is 23.7. The van der Waals surface area contributed by atoms with Gasteiger partial charge in [0.2, 0.25) is 11.8 Å². The minimum absolute atomic E-state index is 0.000848. The summed E-state index contributed by atoms with van der Waals surface area (Å²) in [5.74, 6) is -1.56. The Labute approximate surface area is 186 Å². The fourth-order valence-electron chi connectivity index (χ4n) is 2.52. The lowest BCUT2D eigenvalue weighted by molar-refractivity contribution is -0.129. The molecule has 2 atom stereocenters. The van der Waals surface area contributed by atoms with E-state index in [0.717, 1.165) is 5.56 Å². The second-order valence-electron chi connectivity index (χ2n) is 6.34. The van der Waals surface area contributed by atoms with Crippen molar-refractivity contribution in [3.05, 3.63) is 69.2 Å². The molecule has 3 amide bonds. The van der Waals surface area contributed by atoms with Gasteiger partial charge in [-0.2, -0.15) is 0 Å². The molecule has 8 nitrogen and oxygen atoms in total. The summed E-state index contributed by atoms with van der Waals surface area (Å²) in [5, 5.41) is 14.6. The molecule has 2 aromatic carbocycles. The lowest BCUT2D eigenvalue weighted by Gasteiger charge is -2.21. The fourth-order valence-corrected chi connectivity index (χ4v) is 3.12. The summed E-state index contributed by atoms with van der Waals surface area (Å²) in [6.45, 7) is -0.697. The average Bonchev–Trinajstić information content (AvgIpc) is 2.73. The molecule has 0 aromatic heterocycles. The number of primary amides is 1. The van der Waals surface area contributed by atoms with Gasteiger partial charge in [-0.3, -0.25) is 9.59 Å². The number of ether oxygens (including phenoxy) is 1. The number of hydrogen-bond donors (Lipinski definition) is 4. The molecule has 0 unspecified atom stereocenters. The second-order valence-corrected chi connectivity index (χ2v) is 7.64. The molecule has 10 heteroatoms. The highest BCUT2D eigenvalue weighted by Crippen LogP contribution is 2.22. The molecule has 2 aromatic rings. The SMILES string of the molecule is NC(=O)[C@@H](Cc1cc(Cl)ccc1Br)NC(=O)[C@H](CO)NC(=O)OCc1ccccc1. The number of halogens is 2. The lowest BCUT2D eigenvalue weighted by atomic mass is 10.0. The monoisotopic (exact) mass is 497 g/mol. The Bertz CT molecular complexity index is 897. The normalized spacial score (nSPS) is 12.5. The van der Waals surface area contributed by atoms with Crippen LogP contribution in [0.1, 0.15) is 11.1 Å². The van der Waals surface area contributed by atoms with E-state index in [0.29, 0.717) is 15.1 Å². The maximum absolute atomic E-state index is 12.5. The van der Waals surface area contributed by atoms with E-state index in [1.54, 1.807) is 42.5 Å². The third-order valence-electron chi connectivity index (χ3n) is 4.10. The van der Waals surface area contributed by atoms with E-state index >= 15 is 0 Å². The highest BCUT2D eigenvalue weighted by atomic mass is 79.9. The Hall–Kier alpha value is -2.62. The summed E-state index contributed by atoms with van der Waals surface area (Å²) >= 11 is 9.32. The molecule has 0 fully saturated rings. The molecule has 5 N–H and O–H groups in total. The summed E-state index contributed by atoms with van der Waals surface area (Å²) in [6, 6.07) is 11.6. The summed E-state index contributed by atoms with van der Waals surface area (Å²) in [6.07, 6.45) is -0.819. The van der Waals surface area contributed by atoms with Gasteiger partial charge in [0.05, 0.1) is 6.61 Å². The van der Waals surface area contributed by atoms with Crippen LogP contribution in [0.25, 0.3) is 0 Å². The quantitative estimate of drug-likeness (QED) is 0.419. The number of aliphatic hydroxyl groups is 1. The van der Waals surface area contributed by atoms with E-state index in [2.05, 4.69) is 26.6 Å².